The van der Waals surface area contributed by atoms with E-state index in [-0.39, 0.29) is 10.8 Å². The van der Waals surface area contributed by atoms with Crippen LogP contribution in [0.4, 0.5) is 11.4 Å². The minimum Gasteiger partial charge on any atom is -0.468 e. The number of rotatable bonds is 8. The molecule has 2 aromatic rings. The lowest BCUT2D eigenvalue weighted by molar-refractivity contribution is -0.138. The van der Waals surface area contributed by atoms with E-state index >= 15 is 0 Å². The summed E-state index contributed by atoms with van der Waals surface area (Å²) in [5.41, 5.74) is 2.64. The maximum Gasteiger partial charge on any atom is 0.326 e. The number of carbonyl (C=O) groups is 2. The number of hydrogen-bond donors (Lipinski definition) is 1. The topological polar surface area (TPSA) is 92.8 Å². The van der Waals surface area contributed by atoms with Gasteiger partial charge in [-0.15, -0.1) is 0 Å². The average molecular weight is 419 g/mol. The Labute approximate surface area is 171 Å². The Kier molecular flexibility index (Phi) is 7.39. The summed E-state index contributed by atoms with van der Waals surface area (Å²) in [4.78, 5) is 23.3. The van der Waals surface area contributed by atoms with Gasteiger partial charge in [0.05, 0.1) is 17.7 Å². The molecule has 0 saturated carbocycles. The summed E-state index contributed by atoms with van der Waals surface area (Å²) in [5, 5.41) is 2.60. The molecule has 0 saturated heterocycles. The number of esters is 1. The SMILES string of the molecule is CCc1cccc(CC)c1N(CC(=O)OC)S(=O)(=O)c1ccc(NC(C)=O)cc1. The molecule has 0 aromatic heterocycles. The zero-order valence-corrected chi connectivity index (χ0v) is 17.9. The zero-order chi connectivity index (χ0) is 21.6. The minimum atomic E-state index is -4.05. The third-order valence-electron chi connectivity index (χ3n) is 4.48. The highest BCUT2D eigenvalue weighted by Gasteiger charge is 2.30. The van der Waals surface area contributed by atoms with E-state index in [0.717, 1.165) is 15.4 Å². The highest BCUT2D eigenvalue weighted by molar-refractivity contribution is 7.92. The van der Waals surface area contributed by atoms with E-state index in [4.69, 9.17) is 4.74 Å². The van der Waals surface area contributed by atoms with Crippen molar-refractivity contribution in [3.8, 4) is 0 Å². The lowest BCUT2D eigenvalue weighted by Crippen LogP contribution is -2.37. The minimum absolute atomic E-state index is 0.0171. The Morgan fingerprint density at radius 1 is 1.00 bits per heavy atom. The second-order valence-electron chi connectivity index (χ2n) is 6.43. The molecule has 0 heterocycles. The fourth-order valence-corrected chi connectivity index (χ4v) is 4.53. The van der Waals surface area contributed by atoms with Crippen molar-refractivity contribution in [3.05, 3.63) is 53.6 Å². The maximum atomic E-state index is 13.5. The molecule has 0 radical (unpaired) electrons. The van der Waals surface area contributed by atoms with Crippen molar-refractivity contribution in [3.63, 3.8) is 0 Å². The molecule has 29 heavy (non-hydrogen) atoms. The number of para-hydroxylation sites is 1. The van der Waals surface area contributed by atoms with Gasteiger partial charge in [0.15, 0.2) is 0 Å². The normalized spacial score (nSPS) is 11.0. The molecule has 0 aliphatic heterocycles. The fraction of sp³-hybridized carbons (Fsp3) is 0.333. The molecule has 2 aromatic carbocycles. The van der Waals surface area contributed by atoms with E-state index in [1.165, 1.54) is 38.3 Å². The summed E-state index contributed by atoms with van der Waals surface area (Å²) in [7, 11) is -2.83. The van der Waals surface area contributed by atoms with Crippen molar-refractivity contribution < 1.29 is 22.7 Å². The van der Waals surface area contributed by atoms with Crippen LogP contribution < -0.4 is 9.62 Å². The smallest absolute Gasteiger partial charge is 0.326 e. The van der Waals surface area contributed by atoms with Gasteiger partial charge in [-0.25, -0.2) is 8.42 Å². The number of carbonyl (C=O) groups excluding carboxylic acids is 2. The van der Waals surface area contributed by atoms with Gasteiger partial charge in [-0.05, 0) is 48.2 Å². The number of hydrogen-bond acceptors (Lipinski definition) is 5. The first-order chi connectivity index (χ1) is 13.7. The zero-order valence-electron chi connectivity index (χ0n) is 17.1. The molecule has 7 nitrogen and oxygen atoms in total. The van der Waals surface area contributed by atoms with Gasteiger partial charge in [0, 0.05) is 12.6 Å². The number of amides is 1. The molecule has 2 rings (SSSR count). The first kappa shape index (κ1) is 22.4. The van der Waals surface area contributed by atoms with E-state index in [2.05, 4.69) is 5.32 Å². The van der Waals surface area contributed by atoms with Gasteiger partial charge in [-0.1, -0.05) is 32.0 Å². The van der Waals surface area contributed by atoms with E-state index in [9.17, 15) is 18.0 Å². The van der Waals surface area contributed by atoms with Crippen LogP contribution in [-0.2, 0) is 37.2 Å². The van der Waals surface area contributed by atoms with Crippen LogP contribution in [0.2, 0.25) is 0 Å². The van der Waals surface area contributed by atoms with E-state index in [1.807, 2.05) is 32.0 Å². The molecule has 0 bridgehead atoms. The van der Waals surface area contributed by atoms with Crippen molar-refractivity contribution in [2.45, 2.75) is 38.5 Å². The molecular formula is C21H26N2O5S. The van der Waals surface area contributed by atoms with Gasteiger partial charge in [0.2, 0.25) is 5.91 Å². The predicted octanol–water partition coefficient (Wildman–Crippen LogP) is 3.14. The lowest BCUT2D eigenvalue weighted by Gasteiger charge is -2.28. The number of anilines is 2. The van der Waals surface area contributed by atoms with Gasteiger partial charge in [0.25, 0.3) is 10.0 Å². The standard InChI is InChI=1S/C21H26N2O5S/c1-5-16-8-7-9-17(6-2)21(16)23(14-20(25)28-4)29(26,27)19-12-10-18(11-13-19)22-15(3)24/h7-13H,5-6,14H2,1-4H3,(H,22,24). The first-order valence-corrected chi connectivity index (χ1v) is 10.8. The molecular weight excluding hydrogens is 392 g/mol. The number of benzene rings is 2. The van der Waals surface area contributed by atoms with Crippen LogP contribution in [0.25, 0.3) is 0 Å². The number of methoxy groups -OCH3 is 1. The van der Waals surface area contributed by atoms with E-state index in [1.54, 1.807) is 0 Å². The van der Waals surface area contributed by atoms with Crippen molar-refractivity contribution >= 4 is 33.3 Å². The van der Waals surface area contributed by atoms with Gasteiger partial charge < -0.3 is 10.1 Å². The lowest BCUT2D eigenvalue weighted by atomic mass is 10.0. The summed E-state index contributed by atoms with van der Waals surface area (Å²) in [6.07, 6.45) is 1.22. The van der Waals surface area contributed by atoms with Crippen molar-refractivity contribution in [1.29, 1.82) is 0 Å². The van der Waals surface area contributed by atoms with Crippen molar-refractivity contribution in [2.75, 3.05) is 23.3 Å². The van der Waals surface area contributed by atoms with Crippen molar-refractivity contribution in [1.82, 2.24) is 0 Å². The van der Waals surface area contributed by atoms with Crippen LogP contribution in [0.3, 0.4) is 0 Å². The summed E-state index contributed by atoms with van der Waals surface area (Å²) in [5.74, 6) is -0.909. The van der Waals surface area contributed by atoms with Crippen LogP contribution >= 0.6 is 0 Å². The average Bonchev–Trinajstić information content (AvgIpc) is 2.71. The van der Waals surface area contributed by atoms with Crippen LogP contribution in [0.15, 0.2) is 47.4 Å². The molecule has 0 aliphatic carbocycles. The van der Waals surface area contributed by atoms with Gasteiger partial charge >= 0.3 is 5.97 Å². The Morgan fingerprint density at radius 2 is 1.55 bits per heavy atom. The second-order valence-corrected chi connectivity index (χ2v) is 8.29. The Balaban J connectivity index is 2.61. The largest absolute Gasteiger partial charge is 0.468 e. The van der Waals surface area contributed by atoms with Gasteiger partial charge in [0.1, 0.15) is 6.54 Å². The number of aryl methyl sites for hydroxylation is 2. The van der Waals surface area contributed by atoms with Crippen molar-refractivity contribution in [2.24, 2.45) is 0 Å². The molecule has 8 heteroatoms. The number of nitrogens with zero attached hydrogens (tertiary/aromatic N) is 1. The van der Waals surface area contributed by atoms with Gasteiger partial charge in [-0.3, -0.25) is 13.9 Å². The van der Waals surface area contributed by atoms with E-state index < -0.39 is 22.5 Å². The molecule has 0 spiro atoms. The molecule has 0 aliphatic rings. The summed E-state index contributed by atoms with van der Waals surface area (Å²) in [6, 6.07) is 11.4. The molecule has 0 fully saturated rings. The fourth-order valence-electron chi connectivity index (χ4n) is 3.04. The molecule has 1 N–H and O–H groups in total. The van der Waals surface area contributed by atoms with Gasteiger partial charge in [-0.2, -0.15) is 0 Å². The number of ether oxygens (including phenoxy) is 1. The highest BCUT2D eigenvalue weighted by atomic mass is 32.2. The van der Waals surface area contributed by atoms with Crippen LogP contribution in [0.1, 0.15) is 31.9 Å². The summed E-state index contributed by atoms with van der Waals surface area (Å²) in [6.45, 7) is 4.81. The number of nitrogens with one attached hydrogen (secondary N) is 1. The molecule has 0 unspecified atom stereocenters. The third kappa shape index (κ3) is 5.14. The quantitative estimate of drug-likeness (QED) is 0.665. The second kappa shape index (κ2) is 9.56. The van der Waals surface area contributed by atoms with Crippen LogP contribution in [0.5, 0.6) is 0 Å². The van der Waals surface area contributed by atoms with Crippen LogP contribution in [0, 0.1) is 0 Å². The molecule has 156 valence electrons. The highest BCUT2D eigenvalue weighted by Crippen LogP contribution is 2.32. The monoisotopic (exact) mass is 418 g/mol. The van der Waals surface area contributed by atoms with Crippen LogP contribution in [-0.4, -0.2) is 33.9 Å². The van der Waals surface area contributed by atoms with E-state index in [0.29, 0.717) is 24.2 Å². The Bertz CT molecular complexity index is 962. The molecule has 0 atom stereocenters. The third-order valence-corrected chi connectivity index (χ3v) is 6.24. The first-order valence-electron chi connectivity index (χ1n) is 9.32. The predicted molar refractivity (Wildman–Crippen MR) is 112 cm³/mol. The molecule has 1 amide bonds. The maximum absolute atomic E-state index is 13.5. The summed E-state index contributed by atoms with van der Waals surface area (Å²) < 4.78 is 32.8. The number of sulfonamides is 1. The Morgan fingerprint density at radius 3 is 2.00 bits per heavy atom. The summed E-state index contributed by atoms with van der Waals surface area (Å²) >= 11 is 0. The Hall–Kier alpha value is -2.87.